The highest BCUT2D eigenvalue weighted by molar-refractivity contribution is 5.68. The molecule has 1 fully saturated rings. The lowest BCUT2D eigenvalue weighted by molar-refractivity contribution is 0.0109. The zero-order valence-electron chi connectivity index (χ0n) is 13.9. The number of nitrogens with zero attached hydrogens (tertiary/aromatic N) is 4. The van der Waals surface area contributed by atoms with Gasteiger partial charge in [-0.3, -0.25) is 5.01 Å². The van der Waals surface area contributed by atoms with Crippen molar-refractivity contribution in [3.05, 3.63) is 0 Å². The third kappa shape index (κ3) is 4.08. The molecule has 0 aliphatic carbocycles. The Labute approximate surface area is 127 Å². The normalized spacial score (nSPS) is 24.0. The van der Waals surface area contributed by atoms with Crippen molar-refractivity contribution < 1.29 is 9.53 Å². The highest BCUT2D eigenvalue weighted by Crippen LogP contribution is 2.27. The van der Waals surface area contributed by atoms with Crippen LogP contribution in [-0.4, -0.2) is 53.3 Å². The summed E-state index contributed by atoms with van der Waals surface area (Å²) in [5.41, 5.74) is -0.431. The lowest BCUT2D eigenvalue weighted by Gasteiger charge is -2.38. The van der Waals surface area contributed by atoms with Crippen molar-refractivity contribution in [2.75, 3.05) is 19.6 Å². The lowest BCUT2D eigenvalue weighted by Crippen LogP contribution is -2.49. The number of carbonyl (C=O) groups excluding carboxylic acids is 1. The Morgan fingerprint density at radius 2 is 1.86 bits per heavy atom. The first-order valence-corrected chi connectivity index (χ1v) is 7.91. The molecule has 1 saturated heterocycles. The van der Waals surface area contributed by atoms with E-state index in [1.165, 1.54) is 0 Å². The summed E-state index contributed by atoms with van der Waals surface area (Å²) >= 11 is 0. The van der Waals surface area contributed by atoms with E-state index in [0.717, 1.165) is 32.5 Å². The number of rotatable bonds is 2. The number of piperidine rings is 1. The summed E-state index contributed by atoms with van der Waals surface area (Å²) in [6.07, 6.45) is 1.66. The Hall–Kier alpha value is -1.33. The second-order valence-electron chi connectivity index (χ2n) is 7.30. The molecular weight excluding hydrogens is 268 g/mol. The van der Waals surface area contributed by atoms with E-state index in [1.807, 2.05) is 20.8 Å². The van der Waals surface area contributed by atoms with Gasteiger partial charge in [-0.15, -0.1) is 0 Å². The topological polar surface area (TPSA) is 57.5 Å². The van der Waals surface area contributed by atoms with Gasteiger partial charge in [0, 0.05) is 13.1 Å². The number of amides is 1. The Bertz CT molecular complexity index is 395. The number of ether oxygens (including phenoxy) is 1. The molecule has 0 spiro atoms. The van der Waals surface area contributed by atoms with Crippen LogP contribution in [0.3, 0.4) is 0 Å². The molecule has 6 nitrogen and oxygen atoms in total. The summed E-state index contributed by atoms with van der Waals surface area (Å²) in [5, 5.41) is 10.7. The van der Waals surface area contributed by atoms with Crippen molar-refractivity contribution in [2.24, 2.45) is 16.3 Å². The molecule has 0 bridgehead atoms. The molecule has 0 N–H and O–H groups in total. The molecule has 0 radical (unpaired) electrons. The Morgan fingerprint density at radius 1 is 1.24 bits per heavy atom. The summed E-state index contributed by atoms with van der Waals surface area (Å²) in [5.74, 6) is 0.545. The Morgan fingerprint density at radius 3 is 2.38 bits per heavy atom. The fourth-order valence-corrected chi connectivity index (χ4v) is 2.84. The monoisotopic (exact) mass is 296 g/mol. The Balaban J connectivity index is 1.86. The first kappa shape index (κ1) is 16.0. The van der Waals surface area contributed by atoms with E-state index >= 15 is 0 Å². The van der Waals surface area contributed by atoms with Crippen LogP contribution in [-0.2, 0) is 4.74 Å². The highest BCUT2D eigenvalue weighted by atomic mass is 16.6. The maximum Gasteiger partial charge on any atom is 0.410 e. The standard InChI is InChI=1S/C15H28N4O2/c1-11(2)13-10-16-17-19(13)12-6-8-18(9-7-12)14(20)21-15(3,4)5/h11-13H,6-10H2,1-5H3. The van der Waals surface area contributed by atoms with Gasteiger partial charge >= 0.3 is 6.09 Å². The van der Waals surface area contributed by atoms with Crippen molar-refractivity contribution in [3.63, 3.8) is 0 Å². The van der Waals surface area contributed by atoms with Crippen LogP contribution in [0.2, 0.25) is 0 Å². The minimum absolute atomic E-state index is 0.204. The predicted molar refractivity (Wildman–Crippen MR) is 81.0 cm³/mol. The molecule has 0 aromatic carbocycles. The second-order valence-corrected chi connectivity index (χ2v) is 7.30. The van der Waals surface area contributed by atoms with Gasteiger partial charge in [0.05, 0.1) is 18.6 Å². The highest BCUT2D eigenvalue weighted by Gasteiger charge is 2.35. The van der Waals surface area contributed by atoms with Crippen molar-refractivity contribution in [2.45, 2.75) is 65.1 Å². The van der Waals surface area contributed by atoms with Gasteiger partial charge in [-0.25, -0.2) is 4.79 Å². The number of likely N-dealkylation sites (tertiary alicyclic amines) is 1. The zero-order chi connectivity index (χ0) is 15.6. The van der Waals surface area contributed by atoms with E-state index in [1.54, 1.807) is 4.90 Å². The van der Waals surface area contributed by atoms with Crippen molar-refractivity contribution in [3.8, 4) is 0 Å². The van der Waals surface area contributed by atoms with E-state index in [4.69, 9.17) is 4.74 Å². The average molecular weight is 296 g/mol. The van der Waals surface area contributed by atoms with Crippen LogP contribution in [0.25, 0.3) is 0 Å². The van der Waals surface area contributed by atoms with Gasteiger partial charge in [-0.05, 0) is 39.5 Å². The van der Waals surface area contributed by atoms with Gasteiger partial charge in [0.15, 0.2) is 0 Å². The van der Waals surface area contributed by atoms with Gasteiger partial charge < -0.3 is 9.64 Å². The maximum absolute atomic E-state index is 12.1. The van der Waals surface area contributed by atoms with Crippen molar-refractivity contribution >= 4 is 6.09 Å². The van der Waals surface area contributed by atoms with Gasteiger partial charge in [-0.1, -0.05) is 19.1 Å². The molecule has 120 valence electrons. The van der Waals surface area contributed by atoms with Gasteiger partial charge in [-0.2, -0.15) is 5.11 Å². The molecule has 2 aliphatic heterocycles. The third-order valence-electron chi connectivity index (χ3n) is 4.03. The molecular formula is C15H28N4O2. The van der Waals surface area contributed by atoms with Crippen LogP contribution < -0.4 is 0 Å². The van der Waals surface area contributed by atoms with Crippen LogP contribution in [0.15, 0.2) is 10.3 Å². The average Bonchev–Trinajstić information content (AvgIpc) is 2.86. The summed E-state index contributed by atoms with van der Waals surface area (Å²) in [4.78, 5) is 13.9. The fraction of sp³-hybridized carbons (Fsp3) is 0.933. The smallest absolute Gasteiger partial charge is 0.410 e. The largest absolute Gasteiger partial charge is 0.444 e. The number of carbonyl (C=O) groups is 1. The summed E-state index contributed by atoms with van der Waals surface area (Å²) in [7, 11) is 0. The van der Waals surface area contributed by atoms with Gasteiger partial charge in [0.1, 0.15) is 5.60 Å². The molecule has 2 rings (SSSR count). The van der Waals surface area contributed by atoms with E-state index in [9.17, 15) is 4.79 Å². The predicted octanol–water partition coefficient (Wildman–Crippen LogP) is 3.09. The quantitative estimate of drug-likeness (QED) is 0.786. The van der Waals surface area contributed by atoms with Gasteiger partial charge in [0.2, 0.25) is 0 Å². The molecule has 0 aromatic heterocycles. The van der Waals surface area contributed by atoms with Gasteiger partial charge in [0.25, 0.3) is 0 Å². The van der Waals surface area contributed by atoms with Crippen molar-refractivity contribution in [1.29, 1.82) is 0 Å². The lowest BCUT2D eigenvalue weighted by atomic mass is 9.98. The number of hydrogen-bond donors (Lipinski definition) is 0. The maximum atomic E-state index is 12.1. The van der Waals surface area contributed by atoms with Crippen LogP contribution >= 0.6 is 0 Å². The van der Waals surface area contributed by atoms with E-state index in [2.05, 4.69) is 29.2 Å². The summed E-state index contributed by atoms with van der Waals surface area (Å²) < 4.78 is 5.43. The third-order valence-corrected chi connectivity index (χ3v) is 4.03. The summed E-state index contributed by atoms with van der Waals surface area (Å²) in [6.45, 7) is 12.4. The van der Waals surface area contributed by atoms with E-state index < -0.39 is 5.60 Å². The molecule has 0 aromatic rings. The van der Waals surface area contributed by atoms with Crippen LogP contribution in [0.1, 0.15) is 47.5 Å². The first-order chi connectivity index (χ1) is 9.78. The number of hydrogen-bond acceptors (Lipinski definition) is 5. The SMILES string of the molecule is CC(C)C1CN=NN1C1CCN(C(=O)OC(C)(C)C)CC1. The molecule has 0 saturated carbocycles. The molecule has 2 aliphatic rings. The summed E-state index contributed by atoms with van der Waals surface area (Å²) in [6, 6.07) is 0.797. The zero-order valence-corrected chi connectivity index (χ0v) is 13.9. The van der Waals surface area contributed by atoms with Crippen LogP contribution in [0, 0.1) is 5.92 Å². The molecule has 21 heavy (non-hydrogen) atoms. The molecule has 2 heterocycles. The molecule has 6 heteroatoms. The molecule has 1 unspecified atom stereocenters. The molecule has 1 atom stereocenters. The fourth-order valence-electron chi connectivity index (χ4n) is 2.84. The minimum atomic E-state index is -0.431. The van der Waals surface area contributed by atoms with Crippen LogP contribution in [0.5, 0.6) is 0 Å². The minimum Gasteiger partial charge on any atom is -0.444 e. The second kappa shape index (κ2) is 6.20. The van der Waals surface area contributed by atoms with Crippen molar-refractivity contribution in [1.82, 2.24) is 9.91 Å². The molecule has 1 amide bonds. The van der Waals surface area contributed by atoms with Crippen LogP contribution in [0.4, 0.5) is 4.79 Å². The Kier molecular flexibility index (Phi) is 4.74. The first-order valence-electron chi connectivity index (χ1n) is 7.91. The van der Waals surface area contributed by atoms with E-state index in [-0.39, 0.29) is 6.09 Å². The van der Waals surface area contributed by atoms with E-state index in [0.29, 0.717) is 18.0 Å².